The molecule has 0 bridgehead atoms. The van der Waals surface area contributed by atoms with E-state index < -0.39 is 0 Å². The third-order valence-corrected chi connectivity index (χ3v) is 3.35. The van der Waals surface area contributed by atoms with Crippen molar-refractivity contribution in [2.45, 2.75) is 19.9 Å². The van der Waals surface area contributed by atoms with Crippen LogP contribution >= 0.6 is 0 Å². The number of rotatable bonds is 3. The van der Waals surface area contributed by atoms with E-state index in [9.17, 15) is 4.79 Å². The standard InChI is InChI=1S/C15H16N4O/c1-11-10-14-15(20)18(8-9-19(14)17-11)7-6-12-2-4-13(16)5-3-12/h2-5,8-10H,6-7,16H2,1H3. The van der Waals surface area contributed by atoms with Crippen molar-refractivity contribution in [1.29, 1.82) is 0 Å². The Labute approximate surface area is 116 Å². The van der Waals surface area contributed by atoms with Gasteiger partial charge in [-0.3, -0.25) is 4.79 Å². The van der Waals surface area contributed by atoms with Gasteiger partial charge in [-0.05, 0) is 37.1 Å². The highest BCUT2D eigenvalue weighted by Gasteiger charge is 2.05. The van der Waals surface area contributed by atoms with Gasteiger partial charge < -0.3 is 10.3 Å². The third-order valence-electron chi connectivity index (χ3n) is 3.35. The molecule has 0 radical (unpaired) electrons. The Morgan fingerprint density at radius 1 is 1.20 bits per heavy atom. The van der Waals surface area contributed by atoms with Crippen LogP contribution < -0.4 is 11.3 Å². The number of anilines is 1. The van der Waals surface area contributed by atoms with Crippen LogP contribution in [-0.2, 0) is 13.0 Å². The molecule has 5 heteroatoms. The number of nitrogens with zero attached hydrogens (tertiary/aromatic N) is 3. The first kappa shape index (κ1) is 12.5. The van der Waals surface area contributed by atoms with Gasteiger partial charge in [-0.2, -0.15) is 5.10 Å². The largest absolute Gasteiger partial charge is 0.399 e. The summed E-state index contributed by atoms with van der Waals surface area (Å²) in [4.78, 5) is 12.3. The SMILES string of the molecule is Cc1cc2c(=O)n(CCc3ccc(N)cc3)ccn2n1. The number of fused-ring (bicyclic) bond motifs is 1. The number of nitrogen functional groups attached to an aromatic ring is 1. The Morgan fingerprint density at radius 3 is 2.70 bits per heavy atom. The molecule has 0 unspecified atom stereocenters. The van der Waals surface area contributed by atoms with E-state index in [-0.39, 0.29) is 5.56 Å². The molecule has 20 heavy (non-hydrogen) atoms. The molecule has 0 amide bonds. The second kappa shape index (κ2) is 4.85. The maximum atomic E-state index is 12.3. The van der Waals surface area contributed by atoms with Crippen molar-refractivity contribution in [2.75, 3.05) is 5.73 Å². The van der Waals surface area contributed by atoms with Crippen LogP contribution in [0.5, 0.6) is 0 Å². The zero-order chi connectivity index (χ0) is 14.1. The van der Waals surface area contributed by atoms with Crippen molar-refractivity contribution in [3.05, 3.63) is 64.3 Å². The molecule has 0 atom stereocenters. The van der Waals surface area contributed by atoms with Gasteiger partial charge in [0.15, 0.2) is 0 Å². The topological polar surface area (TPSA) is 65.3 Å². The summed E-state index contributed by atoms with van der Waals surface area (Å²) in [5, 5.41) is 4.23. The van der Waals surface area contributed by atoms with E-state index >= 15 is 0 Å². The van der Waals surface area contributed by atoms with Gasteiger partial charge in [0.2, 0.25) is 0 Å². The van der Waals surface area contributed by atoms with Gasteiger partial charge in [0.05, 0.1) is 5.69 Å². The van der Waals surface area contributed by atoms with Crippen LogP contribution in [-0.4, -0.2) is 14.2 Å². The molecule has 0 aliphatic rings. The number of hydrogen-bond donors (Lipinski definition) is 1. The fraction of sp³-hybridized carbons (Fsp3) is 0.200. The molecule has 0 aliphatic carbocycles. The maximum absolute atomic E-state index is 12.3. The van der Waals surface area contributed by atoms with Gasteiger partial charge in [-0.1, -0.05) is 12.1 Å². The number of nitrogens with two attached hydrogens (primary N) is 1. The third kappa shape index (κ3) is 2.30. The van der Waals surface area contributed by atoms with Crippen molar-refractivity contribution in [3.63, 3.8) is 0 Å². The van der Waals surface area contributed by atoms with Crippen LogP contribution in [0.4, 0.5) is 5.69 Å². The fourth-order valence-corrected chi connectivity index (χ4v) is 2.26. The van der Waals surface area contributed by atoms with Gasteiger partial charge in [0, 0.05) is 24.6 Å². The first-order valence-electron chi connectivity index (χ1n) is 6.53. The van der Waals surface area contributed by atoms with Crippen LogP contribution in [0.15, 0.2) is 47.5 Å². The Morgan fingerprint density at radius 2 is 1.95 bits per heavy atom. The Kier molecular flexibility index (Phi) is 3.02. The van der Waals surface area contributed by atoms with Gasteiger partial charge in [0.25, 0.3) is 5.56 Å². The lowest BCUT2D eigenvalue weighted by Crippen LogP contribution is -2.22. The summed E-state index contributed by atoms with van der Waals surface area (Å²) >= 11 is 0. The highest BCUT2D eigenvalue weighted by atomic mass is 16.1. The van der Waals surface area contributed by atoms with Gasteiger partial charge >= 0.3 is 0 Å². The molecule has 2 heterocycles. The zero-order valence-electron chi connectivity index (χ0n) is 11.3. The van der Waals surface area contributed by atoms with Crippen molar-refractivity contribution >= 4 is 11.2 Å². The highest BCUT2D eigenvalue weighted by molar-refractivity contribution is 5.45. The minimum absolute atomic E-state index is 0.0106. The smallest absolute Gasteiger partial charge is 0.276 e. The van der Waals surface area contributed by atoms with Crippen LogP contribution in [0.25, 0.3) is 5.52 Å². The van der Waals surface area contributed by atoms with Crippen LogP contribution in [0.2, 0.25) is 0 Å². The molecule has 3 rings (SSSR count). The van der Waals surface area contributed by atoms with Crippen molar-refractivity contribution in [3.8, 4) is 0 Å². The zero-order valence-corrected chi connectivity index (χ0v) is 11.3. The monoisotopic (exact) mass is 268 g/mol. The molecule has 0 aliphatic heterocycles. The van der Waals surface area contributed by atoms with E-state index in [1.807, 2.05) is 43.5 Å². The van der Waals surface area contributed by atoms with Crippen molar-refractivity contribution in [1.82, 2.24) is 14.2 Å². The van der Waals surface area contributed by atoms with Gasteiger partial charge in [-0.25, -0.2) is 4.52 Å². The Bertz CT molecular complexity index is 799. The normalized spacial score (nSPS) is 11.1. The summed E-state index contributed by atoms with van der Waals surface area (Å²) in [6.07, 6.45) is 4.38. The van der Waals surface area contributed by atoms with Gasteiger partial charge in [-0.15, -0.1) is 0 Å². The van der Waals surface area contributed by atoms with E-state index in [0.29, 0.717) is 12.1 Å². The number of aryl methyl sites for hydroxylation is 3. The van der Waals surface area contributed by atoms with E-state index in [1.165, 1.54) is 0 Å². The van der Waals surface area contributed by atoms with Gasteiger partial charge in [0.1, 0.15) is 5.52 Å². The molecule has 3 aromatic rings. The summed E-state index contributed by atoms with van der Waals surface area (Å²) in [7, 11) is 0. The molecule has 0 saturated carbocycles. The number of hydrogen-bond acceptors (Lipinski definition) is 3. The van der Waals surface area contributed by atoms with Crippen LogP contribution in [0.3, 0.4) is 0 Å². The first-order valence-corrected chi connectivity index (χ1v) is 6.53. The second-order valence-corrected chi connectivity index (χ2v) is 4.90. The lowest BCUT2D eigenvalue weighted by molar-refractivity contribution is 0.662. The second-order valence-electron chi connectivity index (χ2n) is 4.90. The molecule has 0 spiro atoms. The molecule has 5 nitrogen and oxygen atoms in total. The van der Waals surface area contributed by atoms with Crippen molar-refractivity contribution < 1.29 is 0 Å². The van der Waals surface area contributed by atoms with E-state index in [1.54, 1.807) is 15.3 Å². The fourth-order valence-electron chi connectivity index (χ4n) is 2.26. The first-order chi connectivity index (χ1) is 9.63. The van der Waals surface area contributed by atoms with E-state index in [4.69, 9.17) is 5.73 Å². The molecule has 0 saturated heterocycles. The minimum Gasteiger partial charge on any atom is -0.399 e. The average Bonchev–Trinajstić information content (AvgIpc) is 2.81. The van der Waals surface area contributed by atoms with Crippen LogP contribution in [0.1, 0.15) is 11.3 Å². The maximum Gasteiger partial charge on any atom is 0.276 e. The molecular formula is C15H16N4O. The summed E-state index contributed by atoms with van der Waals surface area (Å²) in [5.41, 5.74) is 9.02. The Hall–Kier alpha value is -2.56. The predicted molar refractivity (Wildman–Crippen MR) is 78.7 cm³/mol. The van der Waals surface area contributed by atoms with Crippen molar-refractivity contribution in [2.24, 2.45) is 0 Å². The summed E-state index contributed by atoms with van der Waals surface area (Å²) in [6, 6.07) is 9.54. The summed E-state index contributed by atoms with van der Waals surface area (Å²) < 4.78 is 3.34. The van der Waals surface area contributed by atoms with E-state index in [2.05, 4.69) is 5.10 Å². The summed E-state index contributed by atoms with van der Waals surface area (Å²) in [5.74, 6) is 0. The molecule has 2 N–H and O–H groups in total. The molecule has 1 aromatic carbocycles. The predicted octanol–water partition coefficient (Wildman–Crippen LogP) is 1.63. The lowest BCUT2D eigenvalue weighted by atomic mass is 10.1. The van der Waals surface area contributed by atoms with Crippen LogP contribution in [0, 0.1) is 6.92 Å². The molecular weight excluding hydrogens is 252 g/mol. The number of benzene rings is 1. The Balaban J connectivity index is 1.85. The average molecular weight is 268 g/mol. The summed E-state index contributed by atoms with van der Waals surface area (Å²) in [6.45, 7) is 2.52. The molecule has 0 fully saturated rings. The minimum atomic E-state index is -0.0106. The van der Waals surface area contributed by atoms with E-state index in [0.717, 1.165) is 23.4 Å². The lowest BCUT2D eigenvalue weighted by Gasteiger charge is -2.06. The molecule has 102 valence electrons. The number of aromatic nitrogens is 3. The highest BCUT2D eigenvalue weighted by Crippen LogP contribution is 2.07. The quantitative estimate of drug-likeness (QED) is 0.734. The molecule has 2 aromatic heterocycles.